The maximum Gasteiger partial charge on any atom is 0.197 e. The second-order valence-electron chi connectivity index (χ2n) is 16.0. The Kier molecular flexibility index (Phi) is 9.48. The predicted octanol–water partition coefficient (Wildman–Crippen LogP) is 15.6. The second-order valence-corrected chi connectivity index (χ2v) is 16.0. The highest BCUT2D eigenvalue weighted by atomic mass is 16.2. The van der Waals surface area contributed by atoms with Gasteiger partial charge in [0.15, 0.2) is 11.6 Å². The van der Waals surface area contributed by atoms with Gasteiger partial charge in [-0.3, -0.25) is 9.59 Å². The van der Waals surface area contributed by atoms with Crippen LogP contribution in [-0.4, -0.2) is 11.6 Å². The molecule has 296 valence electrons. The van der Waals surface area contributed by atoms with Gasteiger partial charge in [0.25, 0.3) is 0 Å². The summed E-state index contributed by atoms with van der Waals surface area (Å²) in [5.74, 6) is -0.452. The third-order valence-electron chi connectivity index (χ3n) is 12.2. The molecule has 0 heterocycles. The van der Waals surface area contributed by atoms with E-state index in [9.17, 15) is 9.59 Å². The van der Waals surface area contributed by atoms with E-state index in [1.165, 1.54) is 33.4 Å². The first kappa shape index (κ1) is 37.6. The summed E-state index contributed by atoms with van der Waals surface area (Å²) in [6, 6.07) is 79.9. The molecule has 10 aromatic rings. The minimum absolute atomic E-state index is 0.201. The number of anilines is 3. The van der Waals surface area contributed by atoms with Crippen molar-refractivity contribution in [2.75, 3.05) is 4.90 Å². The van der Waals surface area contributed by atoms with Crippen LogP contribution in [0.5, 0.6) is 0 Å². The van der Waals surface area contributed by atoms with Crippen molar-refractivity contribution < 1.29 is 9.59 Å². The topological polar surface area (TPSA) is 37.4 Å². The maximum absolute atomic E-state index is 13.6. The molecule has 0 aliphatic heterocycles. The SMILES string of the molecule is O=C1C(=Cc2ccc3cc(N(c4ccc(-c5ccccc5-c5ccccc5)cc4)c4ccc(-c5ccccc5-c5ccccc5)cc4)ccc3c2)C(=O)c2cc3ccccc3cc21. The van der Waals surface area contributed by atoms with Gasteiger partial charge in [-0.15, -0.1) is 0 Å². The van der Waals surface area contributed by atoms with Gasteiger partial charge in [0.2, 0.25) is 0 Å². The third kappa shape index (κ3) is 7.02. The second kappa shape index (κ2) is 15.9. The molecule has 3 heteroatoms. The molecule has 0 unspecified atom stereocenters. The predicted molar refractivity (Wildman–Crippen MR) is 261 cm³/mol. The van der Waals surface area contributed by atoms with Crippen molar-refractivity contribution in [3.63, 3.8) is 0 Å². The van der Waals surface area contributed by atoms with Gasteiger partial charge in [-0.1, -0.05) is 176 Å². The van der Waals surface area contributed by atoms with E-state index in [1.54, 1.807) is 6.08 Å². The molecule has 0 atom stereocenters. The van der Waals surface area contributed by atoms with Crippen molar-refractivity contribution in [1.29, 1.82) is 0 Å². The number of hydrogen-bond acceptors (Lipinski definition) is 3. The number of nitrogens with zero attached hydrogens (tertiary/aromatic N) is 1. The molecular formula is C60H39NO2. The van der Waals surface area contributed by atoms with Gasteiger partial charge in [0.1, 0.15) is 0 Å². The molecule has 11 rings (SSSR count). The Labute approximate surface area is 366 Å². The minimum atomic E-state index is -0.226. The van der Waals surface area contributed by atoms with Crippen LogP contribution in [0.1, 0.15) is 26.3 Å². The van der Waals surface area contributed by atoms with E-state index in [0.29, 0.717) is 11.1 Å². The smallest absolute Gasteiger partial charge is 0.197 e. The molecule has 63 heavy (non-hydrogen) atoms. The number of fused-ring (bicyclic) bond motifs is 3. The molecule has 1 aliphatic rings. The molecule has 3 nitrogen and oxygen atoms in total. The van der Waals surface area contributed by atoms with E-state index in [-0.39, 0.29) is 17.1 Å². The lowest BCUT2D eigenvalue weighted by atomic mass is 9.94. The quantitative estimate of drug-likeness (QED) is 0.113. The lowest BCUT2D eigenvalue weighted by Gasteiger charge is -2.26. The molecule has 0 N–H and O–H groups in total. The monoisotopic (exact) mass is 805 g/mol. The van der Waals surface area contributed by atoms with Crippen molar-refractivity contribution in [2.24, 2.45) is 0 Å². The summed E-state index contributed by atoms with van der Waals surface area (Å²) in [4.78, 5) is 29.5. The van der Waals surface area contributed by atoms with Crippen LogP contribution in [-0.2, 0) is 0 Å². The molecule has 1 aliphatic carbocycles. The van der Waals surface area contributed by atoms with Gasteiger partial charge in [0, 0.05) is 28.2 Å². The first-order chi connectivity index (χ1) is 31.1. The summed E-state index contributed by atoms with van der Waals surface area (Å²) in [6.07, 6.45) is 1.74. The van der Waals surface area contributed by atoms with Crippen LogP contribution in [0.4, 0.5) is 17.1 Å². The van der Waals surface area contributed by atoms with E-state index < -0.39 is 0 Å². The number of ketones is 2. The molecule has 0 fully saturated rings. The summed E-state index contributed by atoms with van der Waals surface area (Å²) < 4.78 is 0. The first-order valence-electron chi connectivity index (χ1n) is 21.2. The fourth-order valence-corrected chi connectivity index (χ4v) is 9.02. The Morgan fingerprint density at radius 3 is 1.13 bits per heavy atom. The normalized spacial score (nSPS) is 12.2. The van der Waals surface area contributed by atoms with Gasteiger partial charge in [-0.25, -0.2) is 0 Å². The zero-order chi connectivity index (χ0) is 42.3. The molecule has 0 amide bonds. The number of allylic oxidation sites excluding steroid dienone is 1. The lowest BCUT2D eigenvalue weighted by Crippen LogP contribution is -2.10. The van der Waals surface area contributed by atoms with Crippen molar-refractivity contribution in [1.82, 2.24) is 0 Å². The summed E-state index contributed by atoms with van der Waals surface area (Å²) in [5, 5.41) is 3.95. The first-order valence-corrected chi connectivity index (χ1v) is 21.2. The van der Waals surface area contributed by atoms with Crippen LogP contribution in [0.2, 0.25) is 0 Å². The number of benzene rings is 10. The van der Waals surface area contributed by atoms with Gasteiger partial charge in [-0.05, 0) is 132 Å². The standard InChI is InChI=1S/C60H39NO2/c62-59-56-38-45-17-7-8-18-46(45)39-57(56)60(63)58(59)36-40-23-24-48-37-51(34-29-47(48)35-40)61(49-30-25-43(26-31-49)54-21-11-9-19-52(54)41-13-3-1-4-14-41)50-32-27-44(28-33-50)55-22-12-10-20-53(55)42-15-5-2-6-16-42/h1-39H. The Hall–Kier alpha value is -8.40. The molecule has 0 aromatic heterocycles. The number of carbonyl (C=O) groups excluding carboxylic acids is 2. The summed E-state index contributed by atoms with van der Waals surface area (Å²) >= 11 is 0. The number of carbonyl (C=O) groups is 2. The Balaban J connectivity index is 0.964. The van der Waals surface area contributed by atoms with E-state index in [1.807, 2.05) is 42.5 Å². The van der Waals surface area contributed by atoms with Crippen molar-refractivity contribution in [3.8, 4) is 44.5 Å². The highest BCUT2D eigenvalue weighted by Crippen LogP contribution is 2.41. The van der Waals surface area contributed by atoms with Gasteiger partial charge in [-0.2, -0.15) is 0 Å². The Morgan fingerprint density at radius 1 is 0.286 bits per heavy atom. The highest BCUT2D eigenvalue weighted by Gasteiger charge is 2.33. The van der Waals surface area contributed by atoms with Crippen LogP contribution in [0.3, 0.4) is 0 Å². The average molecular weight is 806 g/mol. The zero-order valence-electron chi connectivity index (χ0n) is 34.3. The average Bonchev–Trinajstić information content (AvgIpc) is 3.57. The van der Waals surface area contributed by atoms with Gasteiger partial charge in [0.05, 0.1) is 5.57 Å². The maximum atomic E-state index is 13.6. The van der Waals surface area contributed by atoms with E-state index in [4.69, 9.17) is 0 Å². The summed E-state index contributed by atoms with van der Waals surface area (Å²) in [7, 11) is 0. The van der Waals surface area contributed by atoms with Crippen LogP contribution < -0.4 is 4.90 Å². The van der Waals surface area contributed by atoms with E-state index >= 15 is 0 Å². The Bertz CT molecular complexity index is 3220. The fourth-order valence-electron chi connectivity index (χ4n) is 9.02. The summed E-state index contributed by atoms with van der Waals surface area (Å²) in [6.45, 7) is 0. The van der Waals surface area contributed by atoms with Crippen molar-refractivity contribution >= 4 is 56.2 Å². The van der Waals surface area contributed by atoms with Gasteiger partial charge >= 0.3 is 0 Å². The molecule has 0 saturated carbocycles. The molecule has 10 aromatic carbocycles. The largest absolute Gasteiger partial charge is 0.310 e. The number of rotatable bonds is 8. The molecule has 0 bridgehead atoms. The lowest BCUT2D eigenvalue weighted by molar-refractivity contribution is 0.0990. The Morgan fingerprint density at radius 2 is 0.651 bits per heavy atom. The third-order valence-corrected chi connectivity index (χ3v) is 12.2. The number of hydrogen-bond donors (Lipinski definition) is 0. The van der Waals surface area contributed by atoms with Crippen LogP contribution in [0.15, 0.2) is 236 Å². The van der Waals surface area contributed by atoms with E-state index in [0.717, 1.165) is 55.3 Å². The minimum Gasteiger partial charge on any atom is -0.310 e. The zero-order valence-corrected chi connectivity index (χ0v) is 34.3. The molecule has 0 spiro atoms. The van der Waals surface area contributed by atoms with E-state index in [2.05, 4.69) is 193 Å². The molecule has 0 saturated heterocycles. The number of Topliss-reactive ketones (excluding diaryl/α,β-unsaturated/α-hetero) is 2. The van der Waals surface area contributed by atoms with Crippen molar-refractivity contribution in [2.45, 2.75) is 0 Å². The highest BCUT2D eigenvalue weighted by molar-refractivity contribution is 6.42. The fraction of sp³-hybridized carbons (Fsp3) is 0. The molecular weight excluding hydrogens is 767 g/mol. The van der Waals surface area contributed by atoms with Crippen molar-refractivity contribution in [3.05, 3.63) is 253 Å². The van der Waals surface area contributed by atoms with Gasteiger partial charge < -0.3 is 4.90 Å². The van der Waals surface area contributed by atoms with Crippen LogP contribution in [0.25, 0.3) is 72.1 Å². The molecule has 0 radical (unpaired) electrons. The van der Waals surface area contributed by atoms with Crippen LogP contribution >= 0.6 is 0 Å². The van der Waals surface area contributed by atoms with Crippen LogP contribution in [0, 0.1) is 0 Å². The summed E-state index contributed by atoms with van der Waals surface area (Å²) in [5.41, 5.74) is 14.4.